The first-order chi connectivity index (χ1) is 21.5. The molecule has 1 aliphatic carbocycles. The average Bonchev–Trinajstić information content (AvgIpc) is 3.83. The van der Waals surface area contributed by atoms with Gasteiger partial charge in [0.05, 0.1) is 33.4 Å². The van der Waals surface area contributed by atoms with Gasteiger partial charge in [-0.15, -0.1) is 0 Å². The third-order valence-electron chi connectivity index (χ3n) is 9.18. The number of hydrogen-bond acceptors (Lipinski definition) is 5. The number of rotatable bonds is 10. The molecule has 2 N–H and O–H groups in total. The Balaban J connectivity index is 1.26. The van der Waals surface area contributed by atoms with Crippen LogP contribution in [-0.2, 0) is 17.9 Å². The number of nitrogens with one attached hydrogen (secondary N) is 1. The Morgan fingerprint density at radius 2 is 1.84 bits per heavy atom. The third kappa shape index (κ3) is 5.10. The zero-order valence-corrected chi connectivity index (χ0v) is 24.7. The predicted octanol–water partition coefficient (Wildman–Crippen LogP) is 7.74. The summed E-state index contributed by atoms with van der Waals surface area (Å²) in [7, 11) is 0. The molecule has 3 heterocycles. The standard InChI is InChI=1S/C36H35N5O3/c1-2-29(36(35(42)43)17-5-6-18-36)34-39-32-21-28(44-23-27-13-12-25-9-3-4-11-30(25)38-27)14-15-33(32)41(34)22-24-8-7-10-26(20-24)31-16-19-37-40-31/h3-4,7-16,19-21,29H,2,5-6,17-18,22-23H2,1H3,(H,37,40)(H,42,43). The normalized spacial score (nSPS) is 15.1. The molecule has 7 rings (SSSR count). The number of H-pyrrole nitrogens is 1. The Morgan fingerprint density at radius 3 is 2.64 bits per heavy atom. The van der Waals surface area contributed by atoms with Crippen molar-refractivity contribution in [1.29, 1.82) is 0 Å². The monoisotopic (exact) mass is 585 g/mol. The van der Waals surface area contributed by atoms with Crippen molar-refractivity contribution in [2.24, 2.45) is 5.41 Å². The van der Waals surface area contributed by atoms with E-state index in [1.807, 2.05) is 60.7 Å². The number of imidazole rings is 1. The molecular formula is C36H35N5O3. The van der Waals surface area contributed by atoms with E-state index in [1.54, 1.807) is 6.20 Å². The first-order valence-electron chi connectivity index (χ1n) is 15.3. The topological polar surface area (TPSA) is 106 Å². The number of carbonyl (C=O) groups is 1. The smallest absolute Gasteiger partial charge is 0.310 e. The molecular weight excluding hydrogens is 550 g/mol. The molecule has 0 bridgehead atoms. The van der Waals surface area contributed by atoms with Crippen LogP contribution in [0.25, 0.3) is 33.2 Å². The van der Waals surface area contributed by atoms with Crippen molar-refractivity contribution < 1.29 is 14.6 Å². The van der Waals surface area contributed by atoms with Gasteiger partial charge in [-0.1, -0.05) is 62.2 Å². The van der Waals surface area contributed by atoms with Crippen molar-refractivity contribution in [3.05, 3.63) is 108 Å². The van der Waals surface area contributed by atoms with E-state index in [0.717, 1.165) is 63.1 Å². The molecule has 1 aliphatic rings. The maximum absolute atomic E-state index is 12.8. The fourth-order valence-electron chi connectivity index (χ4n) is 6.97. The van der Waals surface area contributed by atoms with E-state index >= 15 is 0 Å². The summed E-state index contributed by atoms with van der Waals surface area (Å²) < 4.78 is 8.42. The number of hydrogen-bond donors (Lipinski definition) is 2. The van der Waals surface area contributed by atoms with E-state index in [2.05, 4.69) is 46.0 Å². The lowest BCUT2D eigenvalue weighted by Gasteiger charge is -2.33. The van der Waals surface area contributed by atoms with Crippen LogP contribution in [0, 0.1) is 5.41 Å². The van der Waals surface area contributed by atoms with Gasteiger partial charge in [-0.25, -0.2) is 9.97 Å². The number of nitrogens with zero attached hydrogens (tertiary/aromatic N) is 4. The zero-order chi connectivity index (χ0) is 30.1. The van der Waals surface area contributed by atoms with Gasteiger partial charge in [-0.05, 0) is 66.8 Å². The quantitative estimate of drug-likeness (QED) is 0.170. The van der Waals surface area contributed by atoms with Crippen LogP contribution in [0.15, 0.2) is 91.1 Å². The number of carboxylic acids is 1. The molecule has 1 fully saturated rings. The molecule has 0 amide bonds. The number of para-hydroxylation sites is 1. The Morgan fingerprint density at radius 1 is 0.977 bits per heavy atom. The molecule has 0 radical (unpaired) electrons. The number of aromatic amines is 1. The van der Waals surface area contributed by atoms with Gasteiger partial charge in [0.15, 0.2) is 0 Å². The summed E-state index contributed by atoms with van der Waals surface area (Å²) in [5.41, 5.74) is 5.84. The second kappa shape index (κ2) is 11.6. The average molecular weight is 586 g/mol. The second-order valence-corrected chi connectivity index (χ2v) is 11.8. The van der Waals surface area contributed by atoms with Crippen LogP contribution in [0.3, 0.4) is 0 Å². The van der Waals surface area contributed by atoms with Gasteiger partial charge >= 0.3 is 5.97 Å². The number of carboxylic acid groups (broad SMARTS) is 1. The summed E-state index contributed by atoms with van der Waals surface area (Å²) >= 11 is 0. The molecule has 8 nitrogen and oxygen atoms in total. The Kier molecular flexibility index (Phi) is 7.34. The number of benzene rings is 3. The molecule has 6 aromatic rings. The zero-order valence-electron chi connectivity index (χ0n) is 24.7. The van der Waals surface area contributed by atoms with Crippen molar-refractivity contribution in [2.45, 2.75) is 58.1 Å². The van der Waals surface area contributed by atoms with Crippen molar-refractivity contribution in [3.63, 3.8) is 0 Å². The summed E-state index contributed by atoms with van der Waals surface area (Å²) in [5.74, 6) is 0.601. The number of pyridine rings is 1. The minimum atomic E-state index is -0.813. The van der Waals surface area contributed by atoms with E-state index < -0.39 is 11.4 Å². The van der Waals surface area contributed by atoms with Crippen LogP contribution in [0.2, 0.25) is 0 Å². The van der Waals surface area contributed by atoms with Crippen LogP contribution in [0.5, 0.6) is 5.75 Å². The molecule has 3 aromatic heterocycles. The van der Waals surface area contributed by atoms with E-state index in [1.165, 1.54) is 0 Å². The van der Waals surface area contributed by atoms with E-state index in [9.17, 15) is 9.90 Å². The molecule has 3 aromatic carbocycles. The van der Waals surface area contributed by atoms with Gasteiger partial charge < -0.3 is 14.4 Å². The van der Waals surface area contributed by atoms with Gasteiger partial charge in [0, 0.05) is 30.1 Å². The van der Waals surface area contributed by atoms with E-state index in [0.29, 0.717) is 38.2 Å². The van der Waals surface area contributed by atoms with Crippen LogP contribution < -0.4 is 4.74 Å². The fourth-order valence-corrected chi connectivity index (χ4v) is 6.97. The predicted molar refractivity (Wildman–Crippen MR) is 171 cm³/mol. The number of aliphatic carboxylic acids is 1. The second-order valence-electron chi connectivity index (χ2n) is 11.8. The third-order valence-corrected chi connectivity index (χ3v) is 9.18. The first kappa shape index (κ1) is 27.8. The molecule has 44 heavy (non-hydrogen) atoms. The van der Waals surface area contributed by atoms with Crippen molar-refractivity contribution >= 4 is 27.9 Å². The molecule has 1 atom stereocenters. The Bertz CT molecular complexity index is 1940. The minimum absolute atomic E-state index is 0.211. The van der Waals surface area contributed by atoms with Crippen LogP contribution >= 0.6 is 0 Å². The summed E-state index contributed by atoms with van der Waals surface area (Å²) in [5, 5.41) is 18.8. The highest BCUT2D eigenvalue weighted by Crippen LogP contribution is 2.51. The minimum Gasteiger partial charge on any atom is -0.487 e. The Hall–Kier alpha value is -4.98. The lowest BCUT2D eigenvalue weighted by atomic mass is 9.72. The molecule has 1 saturated carbocycles. The van der Waals surface area contributed by atoms with Gasteiger partial charge in [-0.3, -0.25) is 9.89 Å². The van der Waals surface area contributed by atoms with E-state index in [-0.39, 0.29) is 5.92 Å². The highest BCUT2D eigenvalue weighted by atomic mass is 16.5. The fraction of sp³-hybridized carbons (Fsp3) is 0.278. The molecule has 0 aliphatic heterocycles. The molecule has 0 saturated heterocycles. The van der Waals surface area contributed by atoms with Gasteiger partial charge in [0.25, 0.3) is 0 Å². The SMILES string of the molecule is CCC(c1nc2cc(OCc3ccc4ccccc4n3)ccc2n1Cc1cccc(-c2ccn[nH]2)c1)C1(C(=O)O)CCCC1. The van der Waals surface area contributed by atoms with Crippen molar-refractivity contribution in [2.75, 3.05) is 0 Å². The Labute approximate surface area is 255 Å². The summed E-state index contributed by atoms with van der Waals surface area (Å²) in [6.45, 7) is 2.99. The van der Waals surface area contributed by atoms with Gasteiger partial charge in [0.2, 0.25) is 0 Å². The van der Waals surface area contributed by atoms with Crippen LogP contribution in [0.1, 0.15) is 62.0 Å². The largest absolute Gasteiger partial charge is 0.487 e. The number of fused-ring (bicyclic) bond motifs is 2. The highest BCUT2D eigenvalue weighted by molar-refractivity contribution is 5.80. The lowest BCUT2D eigenvalue weighted by Crippen LogP contribution is -2.36. The molecule has 1 unspecified atom stereocenters. The van der Waals surface area contributed by atoms with Crippen LogP contribution in [-0.4, -0.2) is 35.8 Å². The summed E-state index contributed by atoms with van der Waals surface area (Å²) in [4.78, 5) is 22.7. The van der Waals surface area contributed by atoms with Crippen molar-refractivity contribution in [1.82, 2.24) is 24.7 Å². The number of ether oxygens (including phenoxy) is 1. The summed E-state index contributed by atoms with van der Waals surface area (Å²) in [6.07, 6.45) is 5.64. The van der Waals surface area contributed by atoms with Crippen molar-refractivity contribution in [3.8, 4) is 17.0 Å². The lowest BCUT2D eigenvalue weighted by molar-refractivity contribution is -0.150. The van der Waals surface area contributed by atoms with Gasteiger partial charge in [0.1, 0.15) is 18.2 Å². The molecule has 8 heteroatoms. The van der Waals surface area contributed by atoms with Gasteiger partial charge in [-0.2, -0.15) is 5.10 Å². The maximum atomic E-state index is 12.8. The first-order valence-corrected chi connectivity index (χ1v) is 15.3. The van der Waals surface area contributed by atoms with E-state index in [4.69, 9.17) is 14.7 Å². The highest BCUT2D eigenvalue weighted by Gasteiger charge is 2.49. The van der Waals surface area contributed by atoms with Crippen LogP contribution in [0.4, 0.5) is 0 Å². The molecule has 222 valence electrons. The molecule has 0 spiro atoms. The summed E-state index contributed by atoms with van der Waals surface area (Å²) in [6, 6.07) is 28.4. The maximum Gasteiger partial charge on any atom is 0.310 e. The number of aromatic nitrogens is 5.